The molecule has 0 heterocycles. The number of hydrogen-bond acceptors (Lipinski definition) is 5. The molecule has 0 aliphatic carbocycles. The van der Waals surface area contributed by atoms with Gasteiger partial charge in [-0.05, 0) is 43.4 Å². The molecule has 1 unspecified atom stereocenters. The number of benzene rings is 3. The molecule has 0 bridgehead atoms. The van der Waals surface area contributed by atoms with Gasteiger partial charge in [-0.25, -0.2) is 13.6 Å². The van der Waals surface area contributed by atoms with Crippen LogP contribution < -0.4 is 14.8 Å². The summed E-state index contributed by atoms with van der Waals surface area (Å²) in [4.78, 5) is 26.4. The molecule has 7 nitrogen and oxygen atoms in total. The highest BCUT2D eigenvalue weighted by atomic mass is 19.1. The molecule has 0 aromatic heterocycles. The fourth-order valence-electron chi connectivity index (χ4n) is 4.19. The molecule has 2 N–H and O–H groups in total. The van der Waals surface area contributed by atoms with Crippen LogP contribution in [0.4, 0.5) is 8.78 Å². The SMILES string of the molecule is COc1ccc(CN(C)C)c(OC)c1Cc1cccc(CC(NC(=O)c2c(F)cccc2F)C(=O)O)c1. The summed E-state index contributed by atoms with van der Waals surface area (Å²) in [6.07, 6.45) is 0.367. The lowest BCUT2D eigenvalue weighted by Gasteiger charge is -2.20. The lowest BCUT2D eigenvalue weighted by Crippen LogP contribution is -2.43. The Balaban J connectivity index is 1.86. The number of rotatable bonds is 11. The predicted octanol–water partition coefficient (Wildman–Crippen LogP) is 4.06. The minimum absolute atomic E-state index is 0.0834. The van der Waals surface area contributed by atoms with E-state index in [0.717, 1.165) is 34.9 Å². The molecule has 37 heavy (non-hydrogen) atoms. The fourth-order valence-corrected chi connectivity index (χ4v) is 4.19. The highest BCUT2D eigenvalue weighted by Crippen LogP contribution is 2.35. The third-order valence-corrected chi connectivity index (χ3v) is 5.82. The van der Waals surface area contributed by atoms with Crippen LogP contribution in [-0.2, 0) is 24.2 Å². The summed E-state index contributed by atoms with van der Waals surface area (Å²) in [6.45, 7) is 0.669. The van der Waals surface area contributed by atoms with Crippen LogP contribution in [0.2, 0.25) is 0 Å². The van der Waals surface area contributed by atoms with E-state index in [9.17, 15) is 23.5 Å². The number of aliphatic carboxylic acids is 1. The summed E-state index contributed by atoms with van der Waals surface area (Å²) < 4.78 is 39.3. The third kappa shape index (κ3) is 6.83. The van der Waals surface area contributed by atoms with Gasteiger partial charge >= 0.3 is 5.97 Å². The van der Waals surface area contributed by atoms with Crippen molar-refractivity contribution >= 4 is 11.9 Å². The number of hydrogen-bond donors (Lipinski definition) is 2. The molecule has 0 saturated heterocycles. The van der Waals surface area contributed by atoms with Crippen LogP contribution in [0, 0.1) is 11.6 Å². The van der Waals surface area contributed by atoms with Gasteiger partial charge in [0.15, 0.2) is 0 Å². The Labute approximate surface area is 214 Å². The smallest absolute Gasteiger partial charge is 0.326 e. The number of carboxylic acid groups (broad SMARTS) is 1. The lowest BCUT2D eigenvalue weighted by molar-refractivity contribution is -0.139. The quantitative estimate of drug-likeness (QED) is 0.403. The molecule has 3 aromatic carbocycles. The molecule has 0 aliphatic heterocycles. The summed E-state index contributed by atoms with van der Waals surface area (Å²) in [5.74, 6) is -3.22. The lowest BCUT2D eigenvalue weighted by atomic mass is 9.96. The first-order valence-corrected chi connectivity index (χ1v) is 11.6. The molecule has 9 heteroatoms. The van der Waals surface area contributed by atoms with Gasteiger partial charge in [-0.15, -0.1) is 0 Å². The molecule has 1 atom stereocenters. The number of halogens is 2. The Hall–Kier alpha value is -3.98. The van der Waals surface area contributed by atoms with Crippen LogP contribution in [0.1, 0.15) is 32.6 Å². The second-order valence-corrected chi connectivity index (χ2v) is 8.84. The van der Waals surface area contributed by atoms with Crippen molar-refractivity contribution in [1.82, 2.24) is 10.2 Å². The molecular weight excluding hydrogens is 482 g/mol. The predicted molar refractivity (Wildman–Crippen MR) is 135 cm³/mol. The Bertz CT molecular complexity index is 1260. The van der Waals surface area contributed by atoms with Crippen molar-refractivity contribution in [3.63, 3.8) is 0 Å². The number of carbonyl (C=O) groups is 2. The van der Waals surface area contributed by atoms with Crippen molar-refractivity contribution in [3.8, 4) is 11.5 Å². The zero-order valence-corrected chi connectivity index (χ0v) is 21.2. The standard InChI is InChI=1S/C28H30F2N2O5/c1-32(2)16-19-11-12-24(36-3)20(26(19)37-4)14-17-7-5-8-18(13-17)15-23(28(34)35)31-27(33)25-21(29)9-6-10-22(25)30/h5-13,23H,14-16H2,1-4H3,(H,31,33)(H,34,35). The van der Waals surface area contributed by atoms with Gasteiger partial charge in [0, 0.05) is 30.5 Å². The van der Waals surface area contributed by atoms with E-state index in [2.05, 4.69) is 5.32 Å². The first kappa shape index (κ1) is 27.6. The van der Waals surface area contributed by atoms with Crippen molar-refractivity contribution in [2.45, 2.75) is 25.4 Å². The van der Waals surface area contributed by atoms with E-state index in [1.807, 2.05) is 43.3 Å². The van der Waals surface area contributed by atoms with Crippen LogP contribution in [0.25, 0.3) is 0 Å². The van der Waals surface area contributed by atoms with Crippen molar-refractivity contribution in [3.05, 3.63) is 94.0 Å². The first-order chi connectivity index (χ1) is 17.6. The molecule has 196 valence electrons. The molecule has 3 aromatic rings. The second kappa shape index (κ2) is 12.3. The number of carbonyl (C=O) groups excluding carboxylic acids is 1. The zero-order valence-electron chi connectivity index (χ0n) is 21.2. The molecule has 0 aliphatic rings. The topological polar surface area (TPSA) is 88.1 Å². The summed E-state index contributed by atoms with van der Waals surface area (Å²) >= 11 is 0. The molecule has 0 spiro atoms. The van der Waals surface area contributed by atoms with Gasteiger partial charge in [-0.2, -0.15) is 0 Å². The number of nitrogens with zero attached hydrogens (tertiary/aromatic N) is 1. The molecule has 0 fully saturated rings. The molecule has 3 rings (SSSR count). The highest BCUT2D eigenvalue weighted by Gasteiger charge is 2.25. The van der Waals surface area contributed by atoms with Crippen molar-refractivity contribution in [1.29, 1.82) is 0 Å². The minimum Gasteiger partial charge on any atom is -0.496 e. The molecule has 1 amide bonds. The van der Waals surface area contributed by atoms with E-state index in [4.69, 9.17) is 9.47 Å². The van der Waals surface area contributed by atoms with E-state index in [1.54, 1.807) is 26.4 Å². The second-order valence-electron chi connectivity index (χ2n) is 8.84. The Kier molecular flexibility index (Phi) is 9.19. The summed E-state index contributed by atoms with van der Waals surface area (Å²) in [7, 11) is 7.11. The van der Waals surface area contributed by atoms with Gasteiger partial charge in [-0.1, -0.05) is 36.4 Å². The van der Waals surface area contributed by atoms with Gasteiger partial charge < -0.3 is 24.8 Å². The van der Waals surface area contributed by atoms with Gasteiger partial charge in [0.1, 0.15) is 34.7 Å². The Morgan fingerprint density at radius 2 is 1.62 bits per heavy atom. The maximum absolute atomic E-state index is 14.0. The van der Waals surface area contributed by atoms with Gasteiger partial charge in [0.25, 0.3) is 5.91 Å². The van der Waals surface area contributed by atoms with E-state index in [0.29, 0.717) is 30.0 Å². The number of ether oxygens (including phenoxy) is 2. The maximum atomic E-state index is 14.0. The highest BCUT2D eigenvalue weighted by molar-refractivity contribution is 5.97. The van der Waals surface area contributed by atoms with E-state index in [-0.39, 0.29) is 6.42 Å². The average Bonchev–Trinajstić information content (AvgIpc) is 2.83. The molecule has 0 radical (unpaired) electrons. The van der Waals surface area contributed by atoms with E-state index < -0.39 is 35.1 Å². The number of carboxylic acids is 1. The van der Waals surface area contributed by atoms with Crippen molar-refractivity contribution in [2.75, 3.05) is 28.3 Å². The average molecular weight is 513 g/mol. The van der Waals surface area contributed by atoms with Crippen molar-refractivity contribution in [2.24, 2.45) is 0 Å². The van der Waals surface area contributed by atoms with Gasteiger partial charge in [0.2, 0.25) is 0 Å². The number of methoxy groups -OCH3 is 2. The minimum atomic E-state index is -1.39. The monoisotopic (exact) mass is 512 g/mol. The van der Waals surface area contributed by atoms with Crippen LogP contribution in [0.15, 0.2) is 54.6 Å². The summed E-state index contributed by atoms with van der Waals surface area (Å²) in [5.41, 5.74) is 2.51. The Morgan fingerprint density at radius 3 is 2.22 bits per heavy atom. The van der Waals surface area contributed by atoms with Crippen LogP contribution >= 0.6 is 0 Å². The number of amides is 1. The Morgan fingerprint density at radius 1 is 0.973 bits per heavy atom. The first-order valence-electron chi connectivity index (χ1n) is 11.6. The van der Waals surface area contributed by atoms with E-state index >= 15 is 0 Å². The molecular formula is C28H30F2N2O5. The van der Waals surface area contributed by atoms with Crippen LogP contribution in [0.3, 0.4) is 0 Å². The summed E-state index contributed by atoms with van der Waals surface area (Å²) in [6, 6.07) is 12.7. The fraction of sp³-hybridized carbons (Fsp3) is 0.286. The van der Waals surface area contributed by atoms with Crippen molar-refractivity contribution < 1.29 is 33.0 Å². The maximum Gasteiger partial charge on any atom is 0.326 e. The van der Waals surface area contributed by atoms with Gasteiger partial charge in [0.05, 0.1) is 14.2 Å². The van der Waals surface area contributed by atoms with Crippen LogP contribution in [-0.4, -0.2) is 56.2 Å². The van der Waals surface area contributed by atoms with Crippen LogP contribution in [0.5, 0.6) is 11.5 Å². The molecule has 0 saturated carbocycles. The number of nitrogens with one attached hydrogen (secondary N) is 1. The summed E-state index contributed by atoms with van der Waals surface area (Å²) in [5, 5.41) is 11.9. The van der Waals surface area contributed by atoms with Gasteiger partial charge in [-0.3, -0.25) is 4.79 Å². The normalized spacial score (nSPS) is 11.8. The zero-order chi connectivity index (χ0) is 27.1. The van der Waals surface area contributed by atoms with E-state index in [1.165, 1.54) is 0 Å². The third-order valence-electron chi connectivity index (χ3n) is 5.82. The largest absolute Gasteiger partial charge is 0.496 e.